The first kappa shape index (κ1) is 12.8. The first-order valence-corrected chi connectivity index (χ1v) is 6.03. The third kappa shape index (κ3) is 3.18. The van der Waals surface area contributed by atoms with E-state index in [-0.39, 0.29) is 5.54 Å². The Morgan fingerprint density at radius 3 is 2.67 bits per heavy atom. The standard InChI is InChI=1S/C14H18N2O2/c1-14(2,16-17)9-8-12-10-13(15-18-12)11-6-4-3-5-7-11/h3-7,10,16-17H,8-9H2,1-2H3. The van der Waals surface area contributed by atoms with Crippen molar-refractivity contribution in [3.8, 4) is 11.3 Å². The zero-order valence-electron chi connectivity index (χ0n) is 10.7. The smallest absolute Gasteiger partial charge is 0.137 e. The van der Waals surface area contributed by atoms with Crippen molar-refractivity contribution in [2.24, 2.45) is 0 Å². The summed E-state index contributed by atoms with van der Waals surface area (Å²) in [6.07, 6.45) is 1.51. The van der Waals surface area contributed by atoms with Gasteiger partial charge in [0.15, 0.2) is 0 Å². The Balaban J connectivity index is 2.03. The lowest BCUT2D eigenvalue weighted by Crippen LogP contribution is -2.36. The number of nitrogens with one attached hydrogen (secondary N) is 1. The number of nitrogens with zero attached hydrogens (tertiary/aromatic N) is 1. The molecule has 0 aliphatic rings. The predicted molar refractivity (Wildman–Crippen MR) is 69.3 cm³/mol. The second-order valence-corrected chi connectivity index (χ2v) is 5.04. The molecule has 0 unspecified atom stereocenters. The highest BCUT2D eigenvalue weighted by atomic mass is 16.5. The van der Waals surface area contributed by atoms with Crippen LogP contribution in [0.1, 0.15) is 26.0 Å². The second kappa shape index (κ2) is 5.33. The molecule has 96 valence electrons. The van der Waals surface area contributed by atoms with Crippen LogP contribution in [0.15, 0.2) is 40.9 Å². The van der Waals surface area contributed by atoms with Gasteiger partial charge in [-0.3, -0.25) is 0 Å². The van der Waals surface area contributed by atoms with Crippen molar-refractivity contribution >= 4 is 0 Å². The average Bonchev–Trinajstić information content (AvgIpc) is 2.86. The van der Waals surface area contributed by atoms with Gasteiger partial charge in [-0.25, -0.2) is 5.48 Å². The fourth-order valence-electron chi connectivity index (χ4n) is 1.67. The first-order chi connectivity index (χ1) is 8.61. The molecule has 1 aromatic carbocycles. The molecule has 0 spiro atoms. The van der Waals surface area contributed by atoms with Crippen LogP contribution in [0.3, 0.4) is 0 Å². The lowest BCUT2D eigenvalue weighted by molar-refractivity contribution is 0.0756. The lowest BCUT2D eigenvalue weighted by atomic mass is 9.98. The molecule has 18 heavy (non-hydrogen) atoms. The molecule has 0 atom stereocenters. The molecular weight excluding hydrogens is 228 g/mol. The normalized spacial score (nSPS) is 11.7. The Hall–Kier alpha value is -1.65. The minimum atomic E-state index is -0.320. The van der Waals surface area contributed by atoms with Gasteiger partial charge in [-0.2, -0.15) is 0 Å². The van der Waals surface area contributed by atoms with E-state index >= 15 is 0 Å². The number of rotatable bonds is 5. The van der Waals surface area contributed by atoms with Gasteiger partial charge in [0.05, 0.1) is 0 Å². The van der Waals surface area contributed by atoms with Crippen LogP contribution in [0, 0.1) is 0 Å². The Morgan fingerprint density at radius 1 is 1.28 bits per heavy atom. The van der Waals surface area contributed by atoms with Gasteiger partial charge in [0.2, 0.25) is 0 Å². The van der Waals surface area contributed by atoms with Crippen LogP contribution in [0.5, 0.6) is 0 Å². The van der Waals surface area contributed by atoms with Gasteiger partial charge in [-0.15, -0.1) is 0 Å². The van der Waals surface area contributed by atoms with Crippen LogP contribution in [-0.2, 0) is 6.42 Å². The molecule has 0 bridgehead atoms. The summed E-state index contributed by atoms with van der Waals surface area (Å²) >= 11 is 0. The van der Waals surface area contributed by atoms with Gasteiger partial charge in [0, 0.05) is 23.6 Å². The van der Waals surface area contributed by atoms with Crippen LogP contribution in [0.4, 0.5) is 0 Å². The third-order valence-corrected chi connectivity index (χ3v) is 2.93. The summed E-state index contributed by atoms with van der Waals surface area (Å²) in [6, 6.07) is 11.9. The third-order valence-electron chi connectivity index (χ3n) is 2.93. The zero-order chi connectivity index (χ0) is 13.0. The van der Waals surface area contributed by atoms with Gasteiger partial charge in [-0.05, 0) is 20.3 Å². The maximum atomic E-state index is 8.96. The predicted octanol–water partition coefficient (Wildman–Crippen LogP) is 3.03. The van der Waals surface area contributed by atoms with E-state index in [1.165, 1.54) is 0 Å². The molecule has 0 fully saturated rings. The monoisotopic (exact) mass is 246 g/mol. The maximum Gasteiger partial charge on any atom is 0.137 e. The molecule has 1 aromatic heterocycles. The molecule has 0 aliphatic heterocycles. The summed E-state index contributed by atoms with van der Waals surface area (Å²) in [4.78, 5) is 0. The van der Waals surface area contributed by atoms with Crippen molar-refractivity contribution in [2.45, 2.75) is 32.2 Å². The molecular formula is C14H18N2O2. The number of aromatic nitrogens is 1. The van der Waals surface area contributed by atoms with Gasteiger partial charge >= 0.3 is 0 Å². The highest BCUT2D eigenvalue weighted by Gasteiger charge is 2.17. The number of hydrogen-bond acceptors (Lipinski definition) is 4. The number of benzene rings is 1. The molecule has 0 amide bonds. The Kier molecular flexibility index (Phi) is 3.79. The van der Waals surface area contributed by atoms with Crippen molar-refractivity contribution in [1.29, 1.82) is 0 Å². The minimum Gasteiger partial charge on any atom is -0.361 e. The number of aryl methyl sites for hydroxylation is 1. The summed E-state index contributed by atoms with van der Waals surface area (Å²) in [6.45, 7) is 3.86. The zero-order valence-corrected chi connectivity index (χ0v) is 10.7. The van der Waals surface area contributed by atoms with E-state index in [4.69, 9.17) is 9.73 Å². The minimum absolute atomic E-state index is 0.320. The van der Waals surface area contributed by atoms with E-state index in [0.717, 1.165) is 29.9 Å². The van der Waals surface area contributed by atoms with E-state index in [1.807, 2.05) is 50.2 Å². The molecule has 2 N–H and O–H groups in total. The Bertz CT molecular complexity index is 492. The average molecular weight is 246 g/mol. The quantitative estimate of drug-likeness (QED) is 0.796. The molecule has 0 aliphatic carbocycles. The molecule has 0 saturated heterocycles. The van der Waals surface area contributed by atoms with Gasteiger partial charge in [0.1, 0.15) is 11.5 Å². The number of hydroxylamine groups is 1. The van der Waals surface area contributed by atoms with E-state index in [2.05, 4.69) is 10.6 Å². The van der Waals surface area contributed by atoms with Crippen LogP contribution in [0.2, 0.25) is 0 Å². The summed E-state index contributed by atoms with van der Waals surface area (Å²) < 4.78 is 5.30. The summed E-state index contributed by atoms with van der Waals surface area (Å²) in [5.74, 6) is 0.831. The molecule has 1 heterocycles. The fourth-order valence-corrected chi connectivity index (χ4v) is 1.67. The van der Waals surface area contributed by atoms with Crippen molar-refractivity contribution in [2.75, 3.05) is 0 Å². The molecule has 2 rings (SSSR count). The van der Waals surface area contributed by atoms with Gasteiger partial charge in [0.25, 0.3) is 0 Å². The van der Waals surface area contributed by atoms with E-state index in [0.29, 0.717) is 0 Å². The van der Waals surface area contributed by atoms with E-state index in [1.54, 1.807) is 0 Å². The highest BCUT2D eigenvalue weighted by Crippen LogP contribution is 2.20. The maximum absolute atomic E-state index is 8.96. The van der Waals surface area contributed by atoms with E-state index < -0.39 is 0 Å². The first-order valence-electron chi connectivity index (χ1n) is 6.03. The fraction of sp³-hybridized carbons (Fsp3) is 0.357. The molecule has 2 aromatic rings. The van der Waals surface area contributed by atoms with Gasteiger partial charge in [-0.1, -0.05) is 35.5 Å². The molecule has 4 heteroatoms. The van der Waals surface area contributed by atoms with Crippen LogP contribution in [-0.4, -0.2) is 15.9 Å². The second-order valence-electron chi connectivity index (χ2n) is 5.04. The molecule has 4 nitrogen and oxygen atoms in total. The Morgan fingerprint density at radius 2 is 2.00 bits per heavy atom. The summed E-state index contributed by atoms with van der Waals surface area (Å²) in [5, 5.41) is 13.0. The van der Waals surface area contributed by atoms with Crippen molar-refractivity contribution in [3.05, 3.63) is 42.2 Å². The van der Waals surface area contributed by atoms with Crippen LogP contribution >= 0.6 is 0 Å². The topological polar surface area (TPSA) is 58.3 Å². The van der Waals surface area contributed by atoms with Gasteiger partial charge < -0.3 is 9.73 Å². The van der Waals surface area contributed by atoms with Crippen molar-refractivity contribution < 1.29 is 9.73 Å². The van der Waals surface area contributed by atoms with Crippen molar-refractivity contribution in [3.63, 3.8) is 0 Å². The van der Waals surface area contributed by atoms with E-state index in [9.17, 15) is 0 Å². The van der Waals surface area contributed by atoms with Crippen LogP contribution < -0.4 is 5.48 Å². The van der Waals surface area contributed by atoms with Crippen molar-refractivity contribution in [1.82, 2.24) is 10.6 Å². The highest BCUT2D eigenvalue weighted by molar-refractivity contribution is 5.58. The van der Waals surface area contributed by atoms with Crippen LogP contribution in [0.25, 0.3) is 11.3 Å². The molecule has 0 radical (unpaired) electrons. The number of hydrogen-bond donors (Lipinski definition) is 2. The summed E-state index contributed by atoms with van der Waals surface area (Å²) in [7, 11) is 0. The largest absolute Gasteiger partial charge is 0.361 e. The molecule has 0 saturated carbocycles. The lowest BCUT2D eigenvalue weighted by Gasteiger charge is -2.21. The summed E-state index contributed by atoms with van der Waals surface area (Å²) in [5.41, 5.74) is 3.86. The Labute approximate surface area is 107 Å². The SMILES string of the molecule is CC(C)(CCc1cc(-c2ccccc2)no1)NO.